The van der Waals surface area contributed by atoms with Crippen molar-refractivity contribution in [2.45, 2.75) is 59.0 Å². The summed E-state index contributed by atoms with van der Waals surface area (Å²) in [7, 11) is 0. The van der Waals surface area contributed by atoms with Gasteiger partial charge in [-0.2, -0.15) is 0 Å². The van der Waals surface area contributed by atoms with Crippen molar-refractivity contribution < 1.29 is 5.11 Å². The molecule has 2 aliphatic rings. The fourth-order valence-electron chi connectivity index (χ4n) is 5.56. The summed E-state index contributed by atoms with van der Waals surface area (Å²) in [5, 5.41) is 10.9. The van der Waals surface area contributed by atoms with Gasteiger partial charge in [0.05, 0.1) is 6.07 Å². The molecule has 2 aromatic rings. The van der Waals surface area contributed by atoms with Gasteiger partial charge in [-0.15, -0.1) is 0 Å². The Bertz CT molecular complexity index is 1040. The fourth-order valence-corrected chi connectivity index (χ4v) is 5.78. The fraction of sp³-hybridized carbons (Fsp3) is 0.545. The molecule has 3 atom stereocenters. The number of nitrogens with zero attached hydrogens (tertiary/aromatic N) is 2. The van der Waals surface area contributed by atoms with Gasteiger partial charge in [-0.05, 0) is 60.1 Å². The molecule has 150 valence electrons. The molecule has 1 aromatic carbocycles. The predicted molar refractivity (Wildman–Crippen MR) is 110 cm³/mol. The van der Waals surface area contributed by atoms with Crippen molar-refractivity contribution in [2.75, 3.05) is 0 Å². The van der Waals surface area contributed by atoms with E-state index in [4.69, 9.17) is 11.6 Å². The number of aromatic hydroxyl groups is 1. The molecular weight excluding hydrogens is 376 g/mol. The van der Waals surface area contributed by atoms with Gasteiger partial charge in [0.25, 0.3) is 5.56 Å². The van der Waals surface area contributed by atoms with Gasteiger partial charge in [0.15, 0.2) is 0 Å². The summed E-state index contributed by atoms with van der Waals surface area (Å²) in [6.07, 6.45) is 3.56. The molecule has 0 unspecified atom stereocenters. The minimum Gasteiger partial charge on any atom is -0.494 e. The van der Waals surface area contributed by atoms with E-state index < -0.39 is 11.2 Å². The molecule has 5 nitrogen and oxygen atoms in total. The number of benzene rings is 1. The molecule has 0 saturated heterocycles. The van der Waals surface area contributed by atoms with Gasteiger partial charge >= 0.3 is 5.69 Å². The Labute approximate surface area is 169 Å². The van der Waals surface area contributed by atoms with Crippen molar-refractivity contribution >= 4 is 11.6 Å². The maximum atomic E-state index is 13.3. The lowest BCUT2D eigenvalue weighted by Crippen LogP contribution is -2.46. The van der Waals surface area contributed by atoms with Crippen LogP contribution in [0.25, 0.3) is 0 Å². The number of aromatic nitrogens is 2. The van der Waals surface area contributed by atoms with Crippen LogP contribution in [0.2, 0.25) is 5.02 Å². The van der Waals surface area contributed by atoms with Crippen molar-refractivity contribution in [2.24, 2.45) is 16.7 Å². The molecule has 2 saturated carbocycles. The number of hydrogen-bond acceptors (Lipinski definition) is 3. The Morgan fingerprint density at radius 3 is 2.57 bits per heavy atom. The molecule has 2 fully saturated rings. The number of rotatable bonds is 4. The monoisotopic (exact) mass is 402 g/mol. The first-order chi connectivity index (χ1) is 13.1. The van der Waals surface area contributed by atoms with Gasteiger partial charge in [0.1, 0.15) is 0 Å². The van der Waals surface area contributed by atoms with Crippen molar-refractivity contribution in [3.8, 4) is 5.88 Å². The zero-order valence-corrected chi connectivity index (χ0v) is 17.4. The third-order valence-corrected chi connectivity index (χ3v) is 8.01. The second kappa shape index (κ2) is 6.51. The largest absolute Gasteiger partial charge is 0.494 e. The van der Waals surface area contributed by atoms with E-state index in [0.717, 1.165) is 24.8 Å². The normalized spacial score (nSPS) is 28.0. The van der Waals surface area contributed by atoms with E-state index in [9.17, 15) is 14.7 Å². The van der Waals surface area contributed by atoms with Crippen LogP contribution in [0.5, 0.6) is 5.88 Å². The number of fused-ring (bicyclic) bond motifs is 2. The summed E-state index contributed by atoms with van der Waals surface area (Å²) in [4.78, 5) is 26.0. The van der Waals surface area contributed by atoms with Crippen molar-refractivity contribution in [3.05, 3.63) is 61.8 Å². The molecule has 0 spiro atoms. The highest BCUT2D eigenvalue weighted by Gasteiger charge is 2.62. The molecule has 0 radical (unpaired) electrons. The van der Waals surface area contributed by atoms with E-state index >= 15 is 0 Å². The summed E-state index contributed by atoms with van der Waals surface area (Å²) in [6.45, 7) is 7.02. The SMILES string of the molecule is CC1(C)[C@@H]2CC[C@@]1(C)[C@@H](n1c(=O)cc(O)n(CCc3cccc(Cl)c3)c1=O)C2. The summed E-state index contributed by atoms with van der Waals surface area (Å²) >= 11 is 6.04. The second-order valence-corrected chi connectivity index (χ2v) is 9.59. The van der Waals surface area contributed by atoms with Crippen LogP contribution < -0.4 is 11.2 Å². The van der Waals surface area contributed by atoms with Crippen molar-refractivity contribution in [1.29, 1.82) is 0 Å². The van der Waals surface area contributed by atoms with E-state index in [1.165, 1.54) is 15.2 Å². The summed E-state index contributed by atoms with van der Waals surface area (Å²) in [5.41, 5.74) is 0.150. The maximum absolute atomic E-state index is 13.3. The first-order valence-corrected chi connectivity index (χ1v) is 10.3. The molecule has 1 heterocycles. The van der Waals surface area contributed by atoms with E-state index in [2.05, 4.69) is 20.8 Å². The third kappa shape index (κ3) is 2.74. The van der Waals surface area contributed by atoms with Gasteiger partial charge < -0.3 is 5.11 Å². The minimum absolute atomic E-state index is 0.0903. The molecule has 6 heteroatoms. The zero-order valence-electron chi connectivity index (χ0n) is 16.6. The highest BCUT2D eigenvalue weighted by atomic mass is 35.5. The lowest BCUT2D eigenvalue weighted by molar-refractivity contribution is 0.102. The van der Waals surface area contributed by atoms with Crippen LogP contribution in [0, 0.1) is 16.7 Å². The lowest BCUT2D eigenvalue weighted by atomic mass is 9.69. The lowest BCUT2D eigenvalue weighted by Gasteiger charge is -2.39. The summed E-state index contributed by atoms with van der Waals surface area (Å²) in [6, 6.07) is 8.50. The Balaban J connectivity index is 1.72. The van der Waals surface area contributed by atoms with Gasteiger partial charge in [0, 0.05) is 17.6 Å². The molecule has 0 aliphatic heterocycles. The highest BCUT2D eigenvalue weighted by molar-refractivity contribution is 6.30. The van der Waals surface area contributed by atoms with Crippen LogP contribution in [0.3, 0.4) is 0 Å². The molecule has 28 heavy (non-hydrogen) atoms. The van der Waals surface area contributed by atoms with Gasteiger partial charge in [0.2, 0.25) is 5.88 Å². The van der Waals surface area contributed by atoms with Gasteiger partial charge in [-0.3, -0.25) is 13.9 Å². The molecule has 0 amide bonds. The van der Waals surface area contributed by atoms with Crippen LogP contribution >= 0.6 is 11.6 Å². The Kier molecular flexibility index (Phi) is 4.49. The van der Waals surface area contributed by atoms with Crippen molar-refractivity contribution in [3.63, 3.8) is 0 Å². The Morgan fingerprint density at radius 1 is 1.21 bits per heavy atom. The van der Waals surface area contributed by atoms with Crippen molar-refractivity contribution in [1.82, 2.24) is 9.13 Å². The number of hydrogen-bond donors (Lipinski definition) is 1. The molecule has 2 bridgehead atoms. The van der Waals surface area contributed by atoms with E-state index in [-0.39, 0.29) is 22.8 Å². The summed E-state index contributed by atoms with van der Waals surface area (Å²) in [5.74, 6) is 0.239. The molecule has 1 N–H and O–H groups in total. The first kappa shape index (κ1) is 19.3. The van der Waals surface area contributed by atoms with E-state index in [1.54, 1.807) is 6.07 Å². The third-order valence-electron chi connectivity index (χ3n) is 7.78. The first-order valence-electron chi connectivity index (χ1n) is 9.95. The average molecular weight is 403 g/mol. The standard InChI is InChI=1S/C22H27ClN2O3/c1-21(2)15-7-9-22(21,3)17(12-15)25-19(27)13-18(26)24(20(25)28)10-8-14-5-4-6-16(23)11-14/h4-6,11,13,15,17,26H,7-10,12H2,1-3H3/t15-,17+,22+/m1/s1. The smallest absolute Gasteiger partial charge is 0.334 e. The highest BCUT2D eigenvalue weighted by Crippen LogP contribution is 2.69. The van der Waals surface area contributed by atoms with Crippen LogP contribution in [-0.4, -0.2) is 14.2 Å². The van der Waals surface area contributed by atoms with Gasteiger partial charge in [-0.25, -0.2) is 4.79 Å². The molecule has 2 aliphatic carbocycles. The topological polar surface area (TPSA) is 64.2 Å². The van der Waals surface area contributed by atoms with Crippen LogP contribution in [0.1, 0.15) is 51.6 Å². The summed E-state index contributed by atoms with van der Waals surface area (Å²) < 4.78 is 2.71. The molecule has 4 rings (SSSR count). The molecule has 1 aromatic heterocycles. The Morgan fingerprint density at radius 2 is 1.96 bits per heavy atom. The van der Waals surface area contributed by atoms with E-state index in [1.807, 2.05) is 18.2 Å². The predicted octanol–water partition coefficient (Wildman–Crippen LogP) is 4.00. The van der Waals surface area contributed by atoms with Gasteiger partial charge in [-0.1, -0.05) is 44.5 Å². The quantitative estimate of drug-likeness (QED) is 0.840. The average Bonchev–Trinajstić information content (AvgIpc) is 2.95. The maximum Gasteiger partial charge on any atom is 0.334 e. The van der Waals surface area contributed by atoms with E-state index in [0.29, 0.717) is 23.9 Å². The van der Waals surface area contributed by atoms with Crippen LogP contribution in [0.4, 0.5) is 0 Å². The molecular formula is C22H27ClN2O3. The van der Waals surface area contributed by atoms with Crippen LogP contribution in [0.15, 0.2) is 39.9 Å². The number of halogens is 1. The minimum atomic E-state index is -0.415. The zero-order chi connectivity index (χ0) is 20.3. The second-order valence-electron chi connectivity index (χ2n) is 9.15. The van der Waals surface area contributed by atoms with Crippen LogP contribution in [-0.2, 0) is 13.0 Å². The number of aryl methyl sites for hydroxylation is 1. The Hall–Kier alpha value is -2.01.